The van der Waals surface area contributed by atoms with Crippen molar-refractivity contribution in [3.8, 4) is 11.4 Å². The van der Waals surface area contributed by atoms with E-state index in [0.717, 1.165) is 47.9 Å². The average molecular weight is 352 g/mol. The number of amides is 1. The monoisotopic (exact) mass is 352 g/mol. The third-order valence-corrected chi connectivity index (χ3v) is 5.54. The van der Waals surface area contributed by atoms with Crippen LogP contribution in [0.1, 0.15) is 34.2 Å². The number of piperidine rings is 1. The molecule has 5 nitrogen and oxygen atoms in total. The summed E-state index contributed by atoms with van der Waals surface area (Å²) in [5.41, 5.74) is 2.13. The fourth-order valence-electron chi connectivity index (χ4n) is 3.52. The van der Waals surface area contributed by atoms with Gasteiger partial charge in [-0.25, -0.2) is 4.98 Å². The van der Waals surface area contributed by atoms with E-state index in [0.29, 0.717) is 0 Å². The highest BCUT2D eigenvalue weighted by atomic mass is 32.1. The van der Waals surface area contributed by atoms with Crippen LogP contribution in [-0.4, -0.2) is 38.4 Å². The largest absolute Gasteiger partial charge is 0.336 e. The molecule has 1 aliphatic heterocycles. The molecule has 128 valence electrons. The zero-order valence-corrected chi connectivity index (χ0v) is 14.9. The van der Waals surface area contributed by atoms with E-state index in [4.69, 9.17) is 0 Å². The molecule has 25 heavy (non-hydrogen) atoms. The van der Waals surface area contributed by atoms with E-state index in [1.54, 1.807) is 6.20 Å². The second kappa shape index (κ2) is 6.80. The highest BCUT2D eigenvalue weighted by Crippen LogP contribution is 2.30. The molecule has 0 spiro atoms. The molecule has 3 aromatic heterocycles. The van der Waals surface area contributed by atoms with Gasteiger partial charge in [-0.1, -0.05) is 6.07 Å². The van der Waals surface area contributed by atoms with Gasteiger partial charge in [-0.2, -0.15) is 0 Å². The highest BCUT2D eigenvalue weighted by molar-refractivity contribution is 7.12. The first-order chi connectivity index (χ1) is 12.2. The van der Waals surface area contributed by atoms with Crippen molar-refractivity contribution in [1.29, 1.82) is 0 Å². The van der Waals surface area contributed by atoms with Gasteiger partial charge in [0, 0.05) is 42.9 Å². The summed E-state index contributed by atoms with van der Waals surface area (Å²) in [5, 5.41) is 1.95. The van der Waals surface area contributed by atoms with Crippen LogP contribution in [0.2, 0.25) is 0 Å². The molecule has 1 aliphatic rings. The molecule has 4 heterocycles. The van der Waals surface area contributed by atoms with Crippen LogP contribution in [-0.2, 0) is 0 Å². The van der Waals surface area contributed by atoms with Gasteiger partial charge < -0.3 is 9.47 Å². The lowest BCUT2D eigenvalue weighted by molar-refractivity contribution is 0.0684. The normalized spacial score (nSPS) is 17.6. The Morgan fingerprint density at radius 2 is 2.20 bits per heavy atom. The lowest BCUT2D eigenvalue weighted by atomic mass is 10.0. The van der Waals surface area contributed by atoms with Crippen LogP contribution in [0.15, 0.2) is 48.2 Å². The molecular formula is C19H20N4OS. The predicted molar refractivity (Wildman–Crippen MR) is 98.7 cm³/mol. The molecule has 0 radical (unpaired) electrons. The number of carbonyl (C=O) groups excluding carboxylic acids is 1. The Balaban J connectivity index is 1.62. The van der Waals surface area contributed by atoms with Crippen molar-refractivity contribution in [3.05, 3.63) is 58.8 Å². The third kappa shape index (κ3) is 3.09. The van der Waals surface area contributed by atoms with Crippen molar-refractivity contribution in [1.82, 2.24) is 19.4 Å². The average Bonchev–Trinajstić information content (AvgIpc) is 3.32. The number of imidazole rings is 1. The van der Waals surface area contributed by atoms with Crippen molar-refractivity contribution in [2.45, 2.75) is 25.8 Å². The minimum Gasteiger partial charge on any atom is -0.336 e. The molecule has 4 rings (SSSR count). The summed E-state index contributed by atoms with van der Waals surface area (Å²) in [4.78, 5) is 24.3. The molecule has 1 unspecified atom stereocenters. The Kier molecular flexibility index (Phi) is 4.36. The van der Waals surface area contributed by atoms with E-state index in [2.05, 4.69) is 21.5 Å². The van der Waals surface area contributed by atoms with Crippen molar-refractivity contribution in [3.63, 3.8) is 0 Å². The van der Waals surface area contributed by atoms with Crippen LogP contribution < -0.4 is 0 Å². The lowest BCUT2D eigenvalue weighted by Crippen LogP contribution is -2.40. The maximum Gasteiger partial charge on any atom is 0.263 e. The van der Waals surface area contributed by atoms with Crippen molar-refractivity contribution < 1.29 is 4.79 Å². The second-order valence-corrected chi connectivity index (χ2v) is 7.31. The van der Waals surface area contributed by atoms with E-state index >= 15 is 0 Å². The zero-order chi connectivity index (χ0) is 17.2. The number of aromatic nitrogens is 3. The maximum absolute atomic E-state index is 12.7. The van der Waals surface area contributed by atoms with Crippen LogP contribution in [0, 0.1) is 6.92 Å². The smallest absolute Gasteiger partial charge is 0.263 e. The second-order valence-electron chi connectivity index (χ2n) is 6.36. The predicted octanol–water partition coefficient (Wildman–Crippen LogP) is 3.79. The Morgan fingerprint density at radius 3 is 2.96 bits per heavy atom. The first-order valence-electron chi connectivity index (χ1n) is 8.51. The van der Waals surface area contributed by atoms with Gasteiger partial charge in [-0.05, 0) is 43.3 Å². The quantitative estimate of drug-likeness (QED) is 0.720. The van der Waals surface area contributed by atoms with Crippen molar-refractivity contribution >= 4 is 17.2 Å². The fraction of sp³-hybridized carbons (Fsp3) is 0.316. The van der Waals surface area contributed by atoms with Crippen molar-refractivity contribution in [2.24, 2.45) is 0 Å². The molecule has 3 aromatic rings. The molecular weight excluding hydrogens is 332 g/mol. The summed E-state index contributed by atoms with van der Waals surface area (Å²) in [6.07, 6.45) is 7.58. The molecule has 1 fully saturated rings. The highest BCUT2D eigenvalue weighted by Gasteiger charge is 2.28. The van der Waals surface area contributed by atoms with Crippen molar-refractivity contribution in [2.75, 3.05) is 13.1 Å². The number of rotatable bonds is 3. The summed E-state index contributed by atoms with van der Waals surface area (Å²) >= 11 is 1.51. The number of hydrogen-bond donors (Lipinski definition) is 0. The third-order valence-electron chi connectivity index (χ3n) is 4.68. The van der Waals surface area contributed by atoms with Gasteiger partial charge in [-0.15, -0.1) is 11.3 Å². The minimum absolute atomic E-state index is 0.139. The van der Waals surface area contributed by atoms with Gasteiger partial charge in [0.2, 0.25) is 0 Å². The first-order valence-corrected chi connectivity index (χ1v) is 9.39. The van der Waals surface area contributed by atoms with Gasteiger partial charge >= 0.3 is 0 Å². The standard InChI is InChI=1S/C19H20N4OS/c1-14-11-21-18(15-5-2-8-20-12-15)23(14)16-6-3-9-22(13-16)19(24)17-7-4-10-25-17/h2,4-5,7-8,10-12,16H,3,6,9,13H2,1H3. The van der Waals surface area contributed by atoms with E-state index < -0.39 is 0 Å². The minimum atomic E-state index is 0.139. The number of thiophene rings is 1. The first kappa shape index (κ1) is 16.0. The maximum atomic E-state index is 12.7. The van der Waals surface area contributed by atoms with Gasteiger partial charge in [0.1, 0.15) is 5.82 Å². The number of carbonyl (C=O) groups is 1. The summed E-state index contributed by atoms with van der Waals surface area (Å²) in [6.45, 7) is 3.62. The van der Waals surface area contributed by atoms with E-state index in [9.17, 15) is 4.79 Å². The fourth-order valence-corrected chi connectivity index (χ4v) is 4.21. The molecule has 0 aromatic carbocycles. The van der Waals surface area contributed by atoms with E-state index in [-0.39, 0.29) is 11.9 Å². The lowest BCUT2D eigenvalue weighted by Gasteiger charge is -2.34. The summed E-state index contributed by atoms with van der Waals surface area (Å²) in [7, 11) is 0. The molecule has 6 heteroatoms. The number of pyridine rings is 1. The summed E-state index contributed by atoms with van der Waals surface area (Å²) in [6, 6.07) is 8.04. The SMILES string of the molecule is Cc1cnc(-c2cccnc2)n1C1CCCN(C(=O)c2cccs2)C1. The Hall–Kier alpha value is -2.47. The topological polar surface area (TPSA) is 51.0 Å². The van der Waals surface area contributed by atoms with Crippen LogP contribution in [0.5, 0.6) is 0 Å². The van der Waals surface area contributed by atoms with Gasteiger partial charge in [0.25, 0.3) is 5.91 Å². The van der Waals surface area contributed by atoms with E-state index in [1.165, 1.54) is 11.3 Å². The Labute approximate surface area is 151 Å². The summed E-state index contributed by atoms with van der Waals surface area (Å²) in [5.74, 6) is 1.07. The van der Waals surface area contributed by atoms with Crippen LogP contribution >= 0.6 is 11.3 Å². The molecule has 0 bridgehead atoms. The van der Waals surface area contributed by atoms with Gasteiger partial charge in [0.15, 0.2) is 0 Å². The van der Waals surface area contributed by atoms with Crippen LogP contribution in [0.4, 0.5) is 0 Å². The molecule has 0 N–H and O–H groups in total. The molecule has 1 saturated heterocycles. The van der Waals surface area contributed by atoms with Gasteiger partial charge in [0.05, 0.1) is 10.9 Å². The Bertz CT molecular complexity index is 857. The number of likely N-dealkylation sites (tertiary alicyclic amines) is 1. The summed E-state index contributed by atoms with van der Waals surface area (Å²) < 4.78 is 2.27. The zero-order valence-electron chi connectivity index (χ0n) is 14.1. The molecule has 0 saturated carbocycles. The molecule has 1 atom stereocenters. The van der Waals surface area contributed by atoms with Gasteiger partial charge in [-0.3, -0.25) is 9.78 Å². The number of hydrogen-bond acceptors (Lipinski definition) is 4. The van der Waals surface area contributed by atoms with E-state index in [1.807, 2.05) is 46.9 Å². The van der Waals surface area contributed by atoms with Crippen LogP contribution in [0.25, 0.3) is 11.4 Å². The number of nitrogens with zero attached hydrogens (tertiary/aromatic N) is 4. The van der Waals surface area contributed by atoms with Crippen LogP contribution in [0.3, 0.4) is 0 Å². The Morgan fingerprint density at radius 1 is 1.28 bits per heavy atom. The number of aryl methyl sites for hydroxylation is 1. The molecule has 0 aliphatic carbocycles. The molecule has 1 amide bonds.